The maximum absolute atomic E-state index is 2.91. The zero-order valence-electron chi connectivity index (χ0n) is 1.46. The average Bonchev–Trinajstić information content (AvgIpc) is 1.00. The molecule has 0 aromatic rings. The van der Waals surface area contributed by atoms with Gasteiger partial charge in [-0.15, -0.1) is 0 Å². The van der Waals surface area contributed by atoms with Crippen LogP contribution in [0.5, 0.6) is 0 Å². The standard InChI is InChI=1S/BrI.Cs.Sn.3H/c1-2;;;;;. The fourth-order valence-electron chi connectivity index (χ4n) is 0. The van der Waals surface area contributed by atoms with E-state index in [4.69, 9.17) is 0 Å². The third-order valence-electron chi connectivity index (χ3n) is 0. The van der Waals surface area contributed by atoms with Gasteiger partial charge in [-0.2, -0.15) is 0 Å². The topological polar surface area (TPSA) is 0 Å². The third-order valence-corrected chi connectivity index (χ3v) is 0. The molecule has 0 aromatic carbocycles. The molecule has 0 spiro atoms. The van der Waals surface area contributed by atoms with Crippen molar-refractivity contribution in [3.8, 4) is 0 Å². The Morgan fingerprint density at radius 3 is 1.25 bits per heavy atom. The quantitative estimate of drug-likeness (QED) is 0.357. The Morgan fingerprint density at radius 2 is 1.25 bits per heavy atom. The van der Waals surface area contributed by atoms with Crippen molar-refractivity contribution in [3.05, 3.63) is 0 Å². The van der Waals surface area contributed by atoms with E-state index in [9.17, 15) is 0 Å². The number of hydrogen-bond donors (Lipinski definition) is 0. The maximum atomic E-state index is 2.91. The molecule has 0 heterocycles. The van der Waals surface area contributed by atoms with E-state index in [-0.39, 0.29) is 92.8 Å². The van der Waals surface area contributed by atoms with Gasteiger partial charge in [0.1, 0.15) is 0 Å². The third kappa shape index (κ3) is 9.41. The molecule has 0 amide bonds. The summed E-state index contributed by atoms with van der Waals surface area (Å²) >= 11 is 4.87. The van der Waals surface area contributed by atoms with Crippen LogP contribution in [-0.4, -0.2) is 92.8 Å². The molecule has 0 aromatic heterocycles. The molecule has 0 nitrogen and oxygen atoms in total. The van der Waals surface area contributed by atoms with Crippen molar-refractivity contribution in [2.45, 2.75) is 0 Å². The van der Waals surface area contributed by atoms with Gasteiger partial charge in [0, 0.05) is 20.4 Å². The van der Waals surface area contributed by atoms with Crippen LogP contribution < -0.4 is 0 Å². The molecule has 0 aliphatic rings. The summed E-state index contributed by atoms with van der Waals surface area (Å²) in [6, 6.07) is 0. The van der Waals surface area contributed by atoms with Gasteiger partial charge in [-0.3, -0.25) is 0 Å². The zero-order valence-corrected chi connectivity index (χ0v) is 9.24. The minimum atomic E-state index is 0. The van der Waals surface area contributed by atoms with Crippen LogP contribution in [0.15, 0.2) is 0 Å². The van der Waals surface area contributed by atoms with Gasteiger partial charge in [0.25, 0.3) is 0 Å². The predicted octanol–water partition coefficient (Wildman–Crippen LogP) is 0.167. The van der Waals surface area contributed by atoms with E-state index in [0.29, 0.717) is 0 Å². The van der Waals surface area contributed by atoms with E-state index < -0.39 is 0 Å². The number of rotatable bonds is 0. The summed E-state index contributed by atoms with van der Waals surface area (Å²) in [6.07, 6.45) is 0. The Bertz CT molecular complexity index is 8.00. The van der Waals surface area contributed by atoms with Crippen molar-refractivity contribution in [1.29, 1.82) is 0 Å². The van der Waals surface area contributed by atoms with Gasteiger partial charge in [0.15, 0.2) is 0 Å². The molecule has 0 atom stereocenters. The molecular weight excluding hydrogens is 458 g/mol. The Hall–Kier alpha value is 4.06. The predicted molar refractivity (Wildman–Crippen MR) is 38.6 cm³/mol. The molecule has 0 rings (SSSR count). The molecule has 0 N–H and O–H groups in total. The van der Waals surface area contributed by atoms with Gasteiger partial charge in [-0.05, 0) is 12.7 Å². The monoisotopic (exact) mass is 462 g/mol. The van der Waals surface area contributed by atoms with E-state index in [1.165, 1.54) is 0 Å². The molecule has 0 aliphatic carbocycles. The van der Waals surface area contributed by atoms with Gasteiger partial charge < -0.3 is 0 Å². The van der Waals surface area contributed by atoms with Gasteiger partial charge in [-0.1, -0.05) is 0 Å². The second kappa shape index (κ2) is 15.7. The SMILES string of the molecule is BrI.[CsH].[SnH2]. The first kappa shape index (κ1) is 15.7. The molecule has 0 fully saturated rings. The van der Waals surface area contributed by atoms with Gasteiger partial charge in [0.2, 0.25) is 0 Å². The van der Waals surface area contributed by atoms with Crippen LogP contribution in [0.1, 0.15) is 0 Å². The average molecular weight is 461 g/mol. The van der Waals surface area contributed by atoms with Crippen LogP contribution in [0.4, 0.5) is 0 Å². The van der Waals surface area contributed by atoms with Gasteiger partial charge in [-0.25, -0.2) is 0 Å². The Labute approximate surface area is 122 Å². The van der Waals surface area contributed by atoms with E-state index in [1.54, 1.807) is 0 Å². The molecular formula is H3BrCsISn. The zero-order chi connectivity index (χ0) is 2.00. The van der Waals surface area contributed by atoms with Crippen molar-refractivity contribution >= 4 is 126 Å². The molecule has 4 heavy (non-hydrogen) atoms. The molecule has 0 saturated carbocycles. The van der Waals surface area contributed by atoms with Crippen molar-refractivity contribution in [3.63, 3.8) is 0 Å². The van der Waals surface area contributed by atoms with Crippen LogP contribution in [0.2, 0.25) is 0 Å². The van der Waals surface area contributed by atoms with Crippen molar-refractivity contribution in [2.24, 2.45) is 0 Å². The summed E-state index contributed by atoms with van der Waals surface area (Å²) in [7, 11) is 0. The number of halogens is 2. The second-order valence-electron chi connectivity index (χ2n) is 0. The molecule has 0 unspecified atom stereocenters. The molecule has 4 heteroatoms. The van der Waals surface area contributed by atoms with Gasteiger partial charge >= 0.3 is 92.8 Å². The number of hydrogen-bond acceptors (Lipinski definition) is 0. The van der Waals surface area contributed by atoms with Crippen LogP contribution >= 0.6 is 33.1 Å². The first-order valence-corrected chi connectivity index (χ1v) is 4.98. The van der Waals surface area contributed by atoms with Gasteiger partial charge in [0.05, 0.1) is 0 Å². The van der Waals surface area contributed by atoms with Crippen LogP contribution in [0.3, 0.4) is 0 Å². The first-order valence-electron chi connectivity index (χ1n) is 0.143. The van der Waals surface area contributed by atoms with E-state index in [2.05, 4.69) is 12.7 Å². The summed E-state index contributed by atoms with van der Waals surface area (Å²) < 4.78 is 0. The van der Waals surface area contributed by atoms with E-state index in [1.807, 2.05) is 20.4 Å². The molecule has 0 bridgehead atoms. The molecule has 0 aliphatic heterocycles. The fraction of sp³-hybridized carbons (Fsp3) is 0. The Balaban J connectivity index is -0.00000000500. The molecule has 2 radical (unpaired) electrons. The van der Waals surface area contributed by atoms with E-state index in [0.717, 1.165) is 0 Å². The minimum absolute atomic E-state index is 0. The fourth-order valence-corrected chi connectivity index (χ4v) is 0. The van der Waals surface area contributed by atoms with Crippen molar-refractivity contribution in [1.82, 2.24) is 0 Å². The van der Waals surface area contributed by atoms with Crippen molar-refractivity contribution < 1.29 is 0 Å². The molecule has 0 saturated heterocycles. The van der Waals surface area contributed by atoms with Crippen molar-refractivity contribution in [2.75, 3.05) is 0 Å². The van der Waals surface area contributed by atoms with E-state index >= 15 is 0 Å². The summed E-state index contributed by atoms with van der Waals surface area (Å²) in [6.45, 7) is 0. The van der Waals surface area contributed by atoms with Crippen LogP contribution in [-0.2, 0) is 0 Å². The molecule has 22 valence electrons. The Kier molecular flexibility index (Phi) is 61.7. The summed E-state index contributed by atoms with van der Waals surface area (Å²) in [4.78, 5) is 0. The summed E-state index contributed by atoms with van der Waals surface area (Å²) in [5.74, 6) is 0. The second-order valence-corrected chi connectivity index (χ2v) is 0. The van der Waals surface area contributed by atoms with Crippen LogP contribution in [0.25, 0.3) is 0 Å². The van der Waals surface area contributed by atoms with Crippen LogP contribution in [0, 0.1) is 0 Å². The first-order chi connectivity index (χ1) is 1.00. The summed E-state index contributed by atoms with van der Waals surface area (Å²) in [5, 5.41) is 0. The Morgan fingerprint density at radius 1 is 1.25 bits per heavy atom. The summed E-state index contributed by atoms with van der Waals surface area (Å²) in [5.41, 5.74) is 0. The normalized spacial score (nSPS) is 1.50.